The molecule has 0 aromatic rings. The Kier molecular flexibility index (Phi) is 5.08. The second-order valence-corrected chi connectivity index (χ2v) is 3.95. The van der Waals surface area contributed by atoms with Crippen LogP contribution in [0.25, 0.3) is 0 Å². The van der Waals surface area contributed by atoms with E-state index in [2.05, 4.69) is 0 Å². The average Bonchev–Trinajstić information content (AvgIpc) is 2.03. The van der Waals surface area contributed by atoms with Crippen LogP contribution in [-0.2, 0) is 9.53 Å². The number of hydrogen-bond donors (Lipinski definition) is 2. The second-order valence-electron chi connectivity index (χ2n) is 3.95. The zero-order chi connectivity index (χ0) is 11.4. The zero-order valence-electron chi connectivity index (χ0n) is 9.28. The van der Waals surface area contributed by atoms with E-state index in [-0.39, 0.29) is 12.5 Å². The summed E-state index contributed by atoms with van der Waals surface area (Å²) < 4.78 is 4.87. The summed E-state index contributed by atoms with van der Waals surface area (Å²) >= 11 is 0. The summed E-state index contributed by atoms with van der Waals surface area (Å²) in [7, 11) is 1.46. The van der Waals surface area contributed by atoms with Gasteiger partial charge < -0.3 is 14.9 Å². The molecular formula is C10H20O4. The summed E-state index contributed by atoms with van der Waals surface area (Å²) in [5.74, 6) is -1.87. The molecule has 0 radical (unpaired) electrons. The van der Waals surface area contributed by atoms with E-state index >= 15 is 0 Å². The van der Waals surface area contributed by atoms with Gasteiger partial charge in [0.25, 0.3) is 0 Å². The van der Waals surface area contributed by atoms with Gasteiger partial charge in [-0.05, 0) is 12.3 Å². The van der Waals surface area contributed by atoms with Crippen LogP contribution in [0, 0.1) is 11.8 Å². The fraction of sp³-hybridized carbons (Fsp3) is 0.900. The predicted octanol–water partition coefficient (Wildman–Crippen LogP) is 1.13. The Bertz CT molecular complexity index is 191. The molecule has 84 valence electrons. The Balaban J connectivity index is 4.83. The highest BCUT2D eigenvalue weighted by Crippen LogP contribution is 2.28. The van der Waals surface area contributed by atoms with Crippen molar-refractivity contribution in [1.82, 2.24) is 0 Å². The van der Waals surface area contributed by atoms with Crippen LogP contribution in [0.4, 0.5) is 0 Å². The van der Waals surface area contributed by atoms with E-state index in [1.54, 1.807) is 20.8 Å². The maximum atomic E-state index is 11.0. The first-order chi connectivity index (χ1) is 6.39. The summed E-state index contributed by atoms with van der Waals surface area (Å²) in [4.78, 5) is 11.0. The van der Waals surface area contributed by atoms with E-state index in [9.17, 15) is 9.90 Å². The maximum absolute atomic E-state index is 11.0. The molecule has 0 saturated carbocycles. The van der Waals surface area contributed by atoms with Gasteiger partial charge in [0, 0.05) is 7.11 Å². The van der Waals surface area contributed by atoms with Gasteiger partial charge in [-0.2, -0.15) is 0 Å². The van der Waals surface area contributed by atoms with Crippen molar-refractivity contribution in [2.45, 2.75) is 32.8 Å². The molecule has 0 aliphatic rings. The molecule has 0 heterocycles. The van der Waals surface area contributed by atoms with Crippen LogP contribution in [0.2, 0.25) is 0 Å². The van der Waals surface area contributed by atoms with Gasteiger partial charge >= 0.3 is 5.97 Å². The SMILES string of the molecule is CCC(O)(COC)C(C(=O)O)C(C)C. The van der Waals surface area contributed by atoms with Crippen LogP contribution in [-0.4, -0.2) is 35.5 Å². The number of rotatable bonds is 6. The fourth-order valence-electron chi connectivity index (χ4n) is 1.80. The molecule has 2 atom stereocenters. The third kappa shape index (κ3) is 2.96. The van der Waals surface area contributed by atoms with E-state index in [1.807, 2.05) is 0 Å². The summed E-state index contributed by atoms with van der Waals surface area (Å²) in [6, 6.07) is 0. The number of carbonyl (C=O) groups is 1. The van der Waals surface area contributed by atoms with Crippen molar-refractivity contribution in [3.05, 3.63) is 0 Å². The van der Waals surface area contributed by atoms with Crippen molar-refractivity contribution in [1.29, 1.82) is 0 Å². The normalized spacial score (nSPS) is 17.9. The molecule has 2 unspecified atom stereocenters. The van der Waals surface area contributed by atoms with E-state index in [1.165, 1.54) is 7.11 Å². The molecule has 0 bridgehead atoms. The maximum Gasteiger partial charge on any atom is 0.309 e. The molecule has 0 amide bonds. The van der Waals surface area contributed by atoms with E-state index in [4.69, 9.17) is 9.84 Å². The molecule has 4 heteroatoms. The molecule has 0 aliphatic carbocycles. The van der Waals surface area contributed by atoms with Gasteiger partial charge in [-0.3, -0.25) is 4.79 Å². The van der Waals surface area contributed by atoms with Crippen molar-refractivity contribution in [2.24, 2.45) is 11.8 Å². The van der Waals surface area contributed by atoms with Crippen LogP contribution in [0.3, 0.4) is 0 Å². The molecule has 0 aromatic heterocycles. The van der Waals surface area contributed by atoms with E-state index in [0.29, 0.717) is 6.42 Å². The van der Waals surface area contributed by atoms with Gasteiger partial charge in [-0.25, -0.2) is 0 Å². The first kappa shape index (κ1) is 13.4. The third-order valence-electron chi connectivity index (χ3n) is 2.52. The third-order valence-corrected chi connectivity index (χ3v) is 2.52. The van der Waals surface area contributed by atoms with Crippen LogP contribution in [0.1, 0.15) is 27.2 Å². The van der Waals surface area contributed by atoms with Crippen molar-refractivity contribution < 1.29 is 19.7 Å². The molecule has 0 fully saturated rings. The van der Waals surface area contributed by atoms with Crippen LogP contribution >= 0.6 is 0 Å². The lowest BCUT2D eigenvalue weighted by atomic mass is 9.78. The molecule has 4 nitrogen and oxygen atoms in total. The molecule has 0 aromatic carbocycles. The lowest BCUT2D eigenvalue weighted by Gasteiger charge is -2.34. The number of ether oxygens (including phenoxy) is 1. The Morgan fingerprint density at radius 2 is 2.00 bits per heavy atom. The van der Waals surface area contributed by atoms with Gasteiger partial charge in [0.1, 0.15) is 5.60 Å². The van der Waals surface area contributed by atoms with E-state index in [0.717, 1.165) is 0 Å². The van der Waals surface area contributed by atoms with Crippen LogP contribution in [0.5, 0.6) is 0 Å². The summed E-state index contributed by atoms with van der Waals surface area (Å²) in [6.45, 7) is 5.39. The van der Waals surface area contributed by atoms with E-state index < -0.39 is 17.5 Å². The highest BCUT2D eigenvalue weighted by Gasteiger charge is 2.42. The van der Waals surface area contributed by atoms with Crippen molar-refractivity contribution in [2.75, 3.05) is 13.7 Å². The summed E-state index contributed by atoms with van der Waals surface area (Å²) in [5, 5.41) is 19.1. The number of aliphatic hydroxyl groups is 1. The molecule has 14 heavy (non-hydrogen) atoms. The second kappa shape index (κ2) is 5.32. The quantitative estimate of drug-likeness (QED) is 0.680. The molecule has 0 aliphatic heterocycles. The first-order valence-electron chi connectivity index (χ1n) is 4.83. The molecule has 0 rings (SSSR count). The topological polar surface area (TPSA) is 66.8 Å². The number of carboxylic acid groups (broad SMARTS) is 1. The Hall–Kier alpha value is -0.610. The zero-order valence-corrected chi connectivity index (χ0v) is 9.28. The molecule has 0 saturated heterocycles. The minimum Gasteiger partial charge on any atom is -0.481 e. The summed E-state index contributed by atoms with van der Waals surface area (Å²) in [5.41, 5.74) is -1.27. The number of methoxy groups -OCH3 is 1. The smallest absolute Gasteiger partial charge is 0.309 e. The predicted molar refractivity (Wildman–Crippen MR) is 53.1 cm³/mol. The van der Waals surface area contributed by atoms with Gasteiger partial charge in [0.2, 0.25) is 0 Å². The average molecular weight is 204 g/mol. The summed E-state index contributed by atoms with van der Waals surface area (Å²) in [6.07, 6.45) is 0.371. The van der Waals surface area contributed by atoms with Crippen molar-refractivity contribution >= 4 is 5.97 Å². The van der Waals surface area contributed by atoms with Crippen molar-refractivity contribution in [3.8, 4) is 0 Å². The molecule has 0 spiro atoms. The fourth-order valence-corrected chi connectivity index (χ4v) is 1.80. The van der Waals surface area contributed by atoms with Crippen molar-refractivity contribution in [3.63, 3.8) is 0 Å². The van der Waals surface area contributed by atoms with Gasteiger partial charge in [0.15, 0.2) is 0 Å². The highest BCUT2D eigenvalue weighted by molar-refractivity contribution is 5.71. The van der Waals surface area contributed by atoms with Crippen LogP contribution < -0.4 is 0 Å². The number of aliphatic carboxylic acids is 1. The lowest BCUT2D eigenvalue weighted by Crippen LogP contribution is -2.48. The number of carboxylic acids is 1. The van der Waals surface area contributed by atoms with Gasteiger partial charge in [-0.1, -0.05) is 20.8 Å². The highest BCUT2D eigenvalue weighted by atomic mass is 16.5. The lowest BCUT2D eigenvalue weighted by molar-refractivity contribution is -0.161. The minimum absolute atomic E-state index is 0.0542. The Morgan fingerprint density at radius 1 is 1.50 bits per heavy atom. The standard InChI is InChI=1S/C10H20O4/c1-5-10(13,6-14-4)8(7(2)3)9(11)12/h7-8,13H,5-6H2,1-4H3,(H,11,12). The minimum atomic E-state index is -1.27. The molecular weight excluding hydrogens is 184 g/mol. The van der Waals surface area contributed by atoms with Gasteiger partial charge in [0.05, 0.1) is 12.5 Å². The largest absolute Gasteiger partial charge is 0.481 e. The Morgan fingerprint density at radius 3 is 2.21 bits per heavy atom. The molecule has 2 N–H and O–H groups in total. The monoisotopic (exact) mass is 204 g/mol. The van der Waals surface area contributed by atoms with Gasteiger partial charge in [-0.15, -0.1) is 0 Å². The Labute approximate surface area is 84.9 Å². The van der Waals surface area contributed by atoms with Crippen LogP contribution in [0.15, 0.2) is 0 Å². The first-order valence-corrected chi connectivity index (χ1v) is 4.83. The number of hydrogen-bond acceptors (Lipinski definition) is 3.